The van der Waals surface area contributed by atoms with Gasteiger partial charge in [0, 0.05) is 17.4 Å². The number of nitrogens with two attached hydrogens (primary N) is 1. The summed E-state index contributed by atoms with van der Waals surface area (Å²) in [7, 11) is 0. The quantitative estimate of drug-likeness (QED) is 0.786. The molecule has 1 aromatic carbocycles. The van der Waals surface area contributed by atoms with Crippen molar-refractivity contribution in [2.45, 2.75) is 19.4 Å². The molecule has 0 atom stereocenters. The van der Waals surface area contributed by atoms with Crippen molar-refractivity contribution in [1.29, 1.82) is 0 Å². The van der Waals surface area contributed by atoms with Crippen LogP contribution in [0.2, 0.25) is 0 Å². The Kier molecular flexibility index (Phi) is 5.42. The summed E-state index contributed by atoms with van der Waals surface area (Å²) in [6.07, 6.45) is 1.07. The number of benzene rings is 1. The molecule has 0 aromatic heterocycles. The maximum atomic E-state index is 12.9. The first-order valence-corrected chi connectivity index (χ1v) is 5.82. The van der Waals surface area contributed by atoms with Crippen molar-refractivity contribution >= 4 is 21.8 Å². The molecule has 1 aromatic rings. The van der Waals surface area contributed by atoms with Gasteiger partial charge in [-0.25, -0.2) is 4.39 Å². The third-order valence-corrected chi connectivity index (χ3v) is 2.87. The molecule has 3 N–H and O–H groups in total. The lowest BCUT2D eigenvalue weighted by atomic mass is 10.2. The van der Waals surface area contributed by atoms with Gasteiger partial charge in [0.15, 0.2) is 0 Å². The van der Waals surface area contributed by atoms with Crippen molar-refractivity contribution in [3.05, 3.63) is 34.1 Å². The van der Waals surface area contributed by atoms with Crippen LogP contribution in [0.4, 0.5) is 4.39 Å². The number of hydrogen-bond donors (Lipinski definition) is 2. The minimum atomic E-state index is -0.297. The van der Waals surface area contributed by atoms with E-state index in [0.29, 0.717) is 25.9 Å². The monoisotopic (exact) mass is 288 g/mol. The lowest BCUT2D eigenvalue weighted by molar-refractivity contribution is -0.118. The number of hydrogen-bond acceptors (Lipinski definition) is 2. The standard InChI is InChI=1S/C11H14BrFN2O/c12-10-4-3-9(13)6-8(10)7-15-5-1-2-11(14)16/h3-4,6,15H,1-2,5,7H2,(H2,14,16). The van der Waals surface area contributed by atoms with Crippen LogP contribution >= 0.6 is 15.9 Å². The summed E-state index contributed by atoms with van der Waals surface area (Å²) in [5.41, 5.74) is 5.87. The first kappa shape index (κ1) is 13.1. The van der Waals surface area contributed by atoms with Crippen molar-refractivity contribution in [3.8, 4) is 0 Å². The fourth-order valence-corrected chi connectivity index (χ4v) is 1.68. The van der Waals surface area contributed by atoms with E-state index in [2.05, 4.69) is 21.2 Å². The third kappa shape index (κ3) is 4.72. The van der Waals surface area contributed by atoms with Gasteiger partial charge in [0.25, 0.3) is 0 Å². The zero-order chi connectivity index (χ0) is 12.0. The lowest BCUT2D eigenvalue weighted by Crippen LogP contribution is -2.18. The fourth-order valence-electron chi connectivity index (χ4n) is 1.29. The Morgan fingerprint density at radius 3 is 2.94 bits per heavy atom. The molecule has 0 bridgehead atoms. The lowest BCUT2D eigenvalue weighted by Gasteiger charge is -2.06. The van der Waals surface area contributed by atoms with Gasteiger partial charge in [-0.2, -0.15) is 0 Å². The Balaban J connectivity index is 2.31. The number of carbonyl (C=O) groups is 1. The van der Waals surface area contributed by atoms with Crippen LogP contribution in [0.15, 0.2) is 22.7 Å². The number of nitrogens with one attached hydrogen (secondary N) is 1. The molecule has 0 unspecified atom stereocenters. The van der Waals surface area contributed by atoms with Gasteiger partial charge in [0.2, 0.25) is 5.91 Å². The van der Waals surface area contributed by atoms with E-state index in [1.54, 1.807) is 6.07 Å². The molecule has 3 nitrogen and oxygen atoms in total. The van der Waals surface area contributed by atoms with Gasteiger partial charge in [-0.1, -0.05) is 15.9 Å². The van der Waals surface area contributed by atoms with Crippen LogP contribution in [0.1, 0.15) is 18.4 Å². The predicted octanol–water partition coefficient (Wildman–Crippen LogP) is 1.94. The maximum absolute atomic E-state index is 12.9. The number of rotatable bonds is 6. The average Bonchev–Trinajstić information content (AvgIpc) is 2.22. The molecular formula is C11H14BrFN2O. The summed E-state index contributed by atoms with van der Waals surface area (Å²) in [5.74, 6) is -0.550. The average molecular weight is 289 g/mol. The maximum Gasteiger partial charge on any atom is 0.217 e. The van der Waals surface area contributed by atoms with E-state index < -0.39 is 0 Å². The molecule has 0 spiro atoms. The van der Waals surface area contributed by atoms with Crippen molar-refractivity contribution in [2.24, 2.45) is 5.73 Å². The Bertz CT molecular complexity index is 371. The zero-order valence-electron chi connectivity index (χ0n) is 8.80. The van der Waals surface area contributed by atoms with E-state index in [4.69, 9.17) is 5.73 Å². The first-order valence-electron chi connectivity index (χ1n) is 5.02. The summed E-state index contributed by atoms with van der Waals surface area (Å²) in [4.78, 5) is 10.5. The van der Waals surface area contributed by atoms with Crippen LogP contribution < -0.4 is 11.1 Å². The van der Waals surface area contributed by atoms with Gasteiger partial charge in [-0.3, -0.25) is 4.79 Å². The molecule has 0 saturated carbocycles. The van der Waals surface area contributed by atoms with Crippen LogP contribution in [0, 0.1) is 5.82 Å². The summed E-state index contributed by atoms with van der Waals surface area (Å²) < 4.78 is 13.8. The van der Waals surface area contributed by atoms with Gasteiger partial charge in [0.05, 0.1) is 0 Å². The molecule has 1 amide bonds. The number of carbonyl (C=O) groups excluding carboxylic acids is 1. The van der Waals surface area contributed by atoms with Crippen molar-refractivity contribution in [3.63, 3.8) is 0 Å². The van der Waals surface area contributed by atoms with Gasteiger partial charge in [-0.15, -0.1) is 0 Å². The molecular weight excluding hydrogens is 275 g/mol. The second kappa shape index (κ2) is 6.60. The van der Waals surface area contributed by atoms with Crippen LogP contribution in [0.3, 0.4) is 0 Å². The molecule has 0 aliphatic rings. The molecule has 88 valence electrons. The molecule has 0 fully saturated rings. The Morgan fingerprint density at radius 2 is 2.25 bits per heavy atom. The molecule has 1 rings (SSSR count). The van der Waals surface area contributed by atoms with Crippen molar-refractivity contribution < 1.29 is 9.18 Å². The largest absolute Gasteiger partial charge is 0.370 e. The highest BCUT2D eigenvalue weighted by atomic mass is 79.9. The number of halogens is 2. The highest BCUT2D eigenvalue weighted by molar-refractivity contribution is 9.10. The first-order chi connectivity index (χ1) is 7.59. The number of amides is 1. The second-order valence-electron chi connectivity index (χ2n) is 3.48. The molecule has 0 aliphatic heterocycles. The fraction of sp³-hybridized carbons (Fsp3) is 0.364. The van der Waals surface area contributed by atoms with Crippen LogP contribution in [0.5, 0.6) is 0 Å². The summed E-state index contributed by atoms with van der Waals surface area (Å²) in [5, 5.41) is 3.12. The smallest absolute Gasteiger partial charge is 0.217 e. The van der Waals surface area contributed by atoms with E-state index in [1.807, 2.05) is 0 Å². The molecule has 0 aliphatic carbocycles. The highest BCUT2D eigenvalue weighted by Gasteiger charge is 2.01. The summed E-state index contributed by atoms with van der Waals surface area (Å²) >= 11 is 3.34. The van der Waals surface area contributed by atoms with E-state index >= 15 is 0 Å². The third-order valence-electron chi connectivity index (χ3n) is 2.10. The summed E-state index contributed by atoms with van der Waals surface area (Å²) in [6, 6.07) is 4.56. The molecule has 5 heteroatoms. The van der Waals surface area contributed by atoms with Gasteiger partial charge in [0.1, 0.15) is 5.82 Å². The SMILES string of the molecule is NC(=O)CCCNCc1cc(F)ccc1Br. The molecule has 0 heterocycles. The number of primary amides is 1. The second-order valence-corrected chi connectivity index (χ2v) is 4.34. The Labute approximate surface area is 102 Å². The van der Waals surface area contributed by atoms with E-state index in [9.17, 15) is 9.18 Å². The van der Waals surface area contributed by atoms with E-state index in [-0.39, 0.29) is 11.7 Å². The molecule has 0 saturated heterocycles. The van der Waals surface area contributed by atoms with Gasteiger partial charge in [-0.05, 0) is 36.7 Å². The topological polar surface area (TPSA) is 55.1 Å². The normalized spacial score (nSPS) is 10.4. The Hall–Kier alpha value is -0.940. The van der Waals surface area contributed by atoms with E-state index in [0.717, 1.165) is 10.0 Å². The van der Waals surface area contributed by atoms with Crippen molar-refractivity contribution in [1.82, 2.24) is 5.32 Å². The Morgan fingerprint density at radius 1 is 1.50 bits per heavy atom. The van der Waals surface area contributed by atoms with Gasteiger partial charge >= 0.3 is 0 Å². The summed E-state index contributed by atoms with van der Waals surface area (Å²) in [6.45, 7) is 1.25. The molecule has 16 heavy (non-hydrogen) atoms. The van der Waals surface area contributed by atoms with Crippen LogP contribution in [-0.2, 0) is 11.3 Å². The van der Waals surface area contributed by atoms with Crippen LogP contribution in [-0.4, -0.2) is 12.5 Å². The van der Waals surface area contributed by atoms with Gasteiger partial charge < -0.3 is 11.1 Å². The molecule has 0 radical (unpaired) electrons. The van der Waals surface area contributed by atoms with E-state index in [1.165, 1.54) is 12.1 Å². The zero-order valence-corrected chi connectivity index (χ0v) is 10.4. The predicted molar refractivity (Wildman–Crippen MR) is 64.2 cm³/mol. The minimum absolute atomic E-state index is 0.253. The minimum Gasteiger partial charge on any atom is -0.370 e. The highest BCUT2D eigenvalue weighted by Crippen LogP contribution is 2.17. The van der Waals surface area contributed by atoms with Crippen LogP contribution in [0.25, 0.3) is 0 Å². The van der Waals surface area contributed by atoms with Crippen molar-refractivity contribution in [2.75, 3.05) is 6.54 Å².